The molecule has 23 heavy (non-hydrogen) atoms. The van der Waals surface area contributed by atoms with Crippen LogP contribution >= 0.6 is 0 Å². The Morgan fingerprint density at radius 2 is 1.96 bits per heavy atom. The van der Waals surface area contributed by atoms with E-state index in [-0.39, 0.29) is 18.3 Å². The Kier molecular flexibility index (Phi) is 4.78. The molecule has 0 atom stereocenters. The van der Waals surface area contributed by atoms with E-state index < -0.39 is 11.4 Å². The van der Waals surface area contributed by atoms with Crippen LogP contribution in [0.15, 0.2) is 30.5 Å². The zero-order chi connectivity index (χ0) is 17.0. The van der Waals surface area contributed by atoms with Gasteiger partial charge in [0.2, 0.25) is 0 Å². The quantitative estimate of drug-likeness (QED) is 0.762. The van der Waals surface area contributed by atoms with Crippen LogP contribution in [0.25, 0.3) is 11.3 Å². The maximum absolute atomic E-state index is 13.0. The highest BCUT2D eigenvalue weighted by atomic mass is 19.1. The van der Waals surface area contributed by atoms with Crippen LogP contribution in [0.4, 0.5) is 4.39 Å². The molecule has 0 bridgehead atoms. The molecule has 1 aromatic heterocycles. The van der Waals surface area contributed by atoms with Crippen molar-refractivity contribution in [2.75, 3.05) is 6.54 Å². The first-order valence-corrected chi connectivity index (χ1v) is 7.12. The lowest BCUT2D eigenvalue weighted by molar-refractivity contribution is -0.147. The minimum absolute atomic E-state index is 0.228. The number of amides is 1. The number of carbonyl (C=O) groups is 2. The molecule has 0 saturated carbocycles. The summed E-state index contributed by atoms with van der Waals surface area (Å²) in [4.78, 5) is 23.3. The molecule has 1 amide bonds. The van der Waals surface area contributed by atoms with Gasteiger partial charge < -0.3 is 10.4 Å². The number of carboxylic acid groups (broad SMARTS) is 1. The van der Waals surface area contributed by atoms with Crippen molar-refractivity contribution >= 4 is 11.9 Å². The van der Waals surface area contributed by atoms with Gasteiger partial charge in [0.25, 0.3) is 5.91 Å². The highest BCUT2D eigenvalue weighted by Gasteiger charge is 2.27. The highest BCUT2D eigenvalue weighted by Crippen LogP contribution is 2.22. The second-order valence-corrected chi connectivity index (χ2v) is 5.86. The molecule has 3 N–H and O–H groups in total. The van der Waals surface area contributed by atoms with Crippen molar-refractivity contribution in [2.45, 2.75) is 20.3 Å². The lowest BCUT2D eigenvalue weighted by Gasteiger charge is -2.18. The van der Waals surface area contributed by atoms with E-state index in [9.17, 15) is 14.0 Å². The first-order chi connectivity index (χ1) is 10.8. The van der Waals surface area contributed by atoms with Crippen molar-refractivity contribution < 1.29 is 19.1 Å². The van der Waals surface area contributed by atoms with Crippen molar-refractivity contribution in [1.82, 2.24) is 15.5 Å². The molecule has 1 heterocycles. The van der Waals surface area contributed by atoms with Gasteiger partial charge in [0.05, 0.1) is 22.9 Å². The third-order valence-electron chi connectivity index (χ3n) is 3.63. The molecule has 2 aromatic rings. The van der Waals surface area contributed by atoms with E-state index in [1.54, 1.807) is 26.0 Å². The van der Waals surface area contributed by atoms with Crippen LogP contribution in [-0.2, 0) is 4.79 Å². The molecule has 6 nitrogen and oxygen atoms in total. The number of benzene rings is 1. The molecule has 7 heteroatoms. The molecule has 0 unspecified atom stereocenters. The molecular weight excluding hydrogens is 301 g/mol. The number of aromatic amines is 1. The summed E-state index contributed by atoms with van der Waals surface area (Å²) in [6.45, 7) is 3.43. The van der Waals surface area contributed by atoms with Gasteiger partial charge in [-0.05, 0) is 44.5 Å². The molecule has 0 aliphatic carbocycles. The number of nitrogens with zero attached hydrogens (tertiary/aromatic N) is 1. The summed E-state index contributed by atoms with van der Waals surface area (Å²) in [5.41, 5.74) is 0.536. The summed E-state index contributed by atoms with van der Waals surface area (Å²) in [5.74, 6) is -1.64. The van der Waals surface area contributed by atoms with Gasteiger partial charge in [-0.1, -0.05) is 0 Å². The van der Waals surface area contributed by atoms with E-state index in [0.717, 1.165) is 0 Å². The summed E-state index contributed by atoms with van der Waals surface area (Å²) in [6.07, 6.45) is 1.69. The minimum atomic E-state index is -0.915. The van der Waals surface area contributed by atoms with Crippen LogP contribution in [0.5, 0.6) is 0 Å². The summed E-state index contributed by atoms with van der Waals surface area (Å²) >= 11 is 0. The molecule has 0 fully saturated rings. The molecule has 2 rings (SSSR count). The van der Waals surface area contributed by atoms with Crippen LogP contribution in [0.3, 0.4) is 0 Å². The third-order valence-corrected chi connectivity index (χ3v) is 3.63. The number of carboxylic acids is 1. The molecule has 0 radical (unpaired) electrons. The molecule has 0 aliphatic heterocycles. The smallest absolute Gasteiger partial charge is 0.309 e. The van der Waals surface area contributed by atoms with Crippen molar-refractivity contribution in [3.05, 3.63) is 41.8 Å². The standard InChI is InChI=1S/C16H18FN3O3/c1-16(2,15(22)23)7-8-18-14(21)12-9-19-20-13(12)10-3-5-11(17)6-4-10/h3-6,9H,7-8H2,1-2H3,(H,18,21)(H,19,20)(H,22,23). The van der Waals surface area contributed by atoms with E-state index in [4.69, 9.17) is 5.11 Å². The normalized spacial score (nSPS) is 11.3. The zero-order valence-corrected chi connectivity index (χ0v) is 12.9. The zero-order valence-electron chi connectivity index (χ0n) is 12.9. The van der Waals surface area contributed by atoms with Gasteiger partial charge >= 0.3 is 5.97 Å². The average molecular weight is 319 g/mol. The van der Waals surface area contributed by atoms with E-state index in [1.807, 2.05) is 0 Å². The maximum atomic E-state index is 13.0. The maximum Gasteiger partial charge on any atom is 0.309 e. The molecule has 1 aromatic carbocycles. The van der Waals surface area contributed by atoms with Crippen LogP contribution in [0.1, 0.15) is 30.6 Å². The largest absolute Gasteiger partial charge is 0.481 e. The SMILES string of the molecule is CC(C)(CCNC(=O)c1cn[nH]c1-c1ccc(F)cc1)C(=O)O. The van der Waals surface area contributed by atoms with Gasteiger partial charge in [0.1, 0.15) is 5.82 Å². The average Bonchev–Trinajstić information content (AvgIpc) is 2.97. The molecular formula is C16H18FN3O3. The lowest BCUT2D eigenvalue weighted by atomic mass is 9.89. The summed E-state index contributed by atoms with van der Waals surface area (Å²) in [7, 11) is 0. The van der Waals surface area contributed by atoms with Gasteiger partial charge in [-0.25, -0.2) is 4.39 Å². The molecule has 122 valence electrons. The number of H-pyrrole nitrogens is 1. The van der Waals surface area contributed by atoms with Crippen molar-refractivity contribution in [3.8, 4) is 11.3 Å². The van der Waals surface area contributed by atoms with Gasteiger partial charge in [0, 0.05) is 12.1 Å². The van der Waals surface area contributed by atoms with Crippen molar-refractivity contribution in [2.24, 2.45) is 5.41 Å². The summed E-state index contributed by atoms with van der Waals surface area (Å²) < 4.78 is 13.0. The Morgan fingerprint density at radius 3 is 2.57 bits per heavy atom. The molecule has 0 aliphatic rings. The number of halogens is 1. The summed E-state index contributed by atoms with van der Waals surface area (Å²) in [6, 6.07) is 5.70. The number of nitrogens with one attached hydrogen (secondary N) is 2. The van der Waals surface area contributed by atoms with Gasteiger partial charge in [-0.15, -0.1) is 0 Å². The highest BCUT2D eigenvalue weighted by molar-refractivity contribution is 5.99. The Bertz CT molecular complexity index is 708. The number of carbonyl (C=O) groups excluding carboxylic acids is 1. The van der Waals surface area contributed by atoms with E-state index in [1.165, 1.54) is 18.3 Å². The van der Waals surface area contributed by atoms with Gasteiger partial charge in [-0.3, -0.25) is 14.7 Å². The van der Waals surface area contributed by atoms with Gasteiger partial charge in [-0.2, -0.15) is 5.10 Å². The summed E-state index contributed by atoms with van der Waals surface area (Å²) in [5, 5.41) is 18.3. The van der Waals surface area contributed by atoms with Crippen molar-refractivity contribution in [1.29, 1.82) is 0 Å². The Labute approximate surface area is 132 Å². The fourth-order valence-corrected chi connectivity index (χ4v) is 1.99. The van der Waals surface area contributed by atoms with E-state index in [0.29, 0.717) is 23.2 Å². The molecule has 0 saturated heterocycles. The lowest BCUT2D eigenvalue weighted by Crippen LogP contribution is -2.32. The Balaban J connectivity index is 2.05. The minimum Gasteiger partial charge on any atom is -0.481 e. The second kappa shape index (κ2) is 6.60. The topological polar surface area (TPSA) is 95.1 Å². The predicted molar refractivity (Wildman–Crippen MR) is 82.3 cm³/mol. The fraction of sp³-hybridized carbons (Fsp3) is 0.312. The first-order valence-electron chi connectivity index (χ1n) is 7.12. The van der Waals surface area contributed by atoms with Crippen LogP contribution < -0.4 is 5.32 Å². The van der Waals surface area contributed by atoms with E-state index in [2.05, 4.69) is 15.5 Å². The van der Waals surface area contributed by atoms with Gasteiger partial charge in [0.15, 0.2) is 0 Å². The van der Waals surface area contributed by atoms with Crippen LogP contribution in [-0.4, -0.2) is 33.7 Å². The first kappa shape index (κ1) is 16.7. The second-order valence-electron chi connectivity index (χ2n) is 5.86. The van der Waals surface area contributed by atoms with Crippen LogP contribution in [0, 0.1) is 11.2 Å². The Hall–Kier alpha value is -2.70. The third kappa shape index (κ3) is 3.94. The number of hydrogen-bond acceptors (Lipinski definition) is 3. The number of aliphatic carboxylic acids is 1. The Morgan fingerprint density at radius 1 is 1.30 bits per heavy atom. The predicted octanol–water partition coefficient (Wildman–Crippen LogP) is 2.45. The van der Waals surface area contributed by atoms with E-state index >= 15 is 0 Å². The number of rotatable bonds is 6. The molecule has 0 spiro atoms. The number of aromatic nitrogens is 2. The van der Waals surface area contributed by atoms with Crippen LogP contribution in [0.2, 0.25) is 0 Å². The number of hydrogen-bond donors (Lipinski definition) is 3. The van der Waals surface area contributed by atoms with Crippen molar-refractivity contribution in [3.63, 3.8) is 0 Å². The monoisotopic (exact) mass is 319 g/mol. The fourth-order valence-electron chi connectivity index (χ4n) is 1.99.